The Labute approximate surface area is 131 Å². The topological polar surface area (TPSA) is 73.4 Å². The second-order valence-corrected chi connectivity index (χ2v) is 5.57. The van der Waals surface area contributed by atoms with Gasteiger partial charge in [0, 0.05) is 18.6 Å². The largest absolute Gasteiger partial charge is 0.465 e. The van der Waals surface area contributed by atoms with Gasteiger partial charge in [-0.2, -0.15) is 5.10 Å². The van der Waals surface area contributed by atoms with Crippen LogP contribution in [0.4, 0.5) is 11.6 Å². The van der Waals surface area contributed by atoms with Crippen LogP contribution in [0, 0.1) is 0 Å². The molecule has 1 aromatic heterocycles. The molecule has 2 N–H and O–H groups in total. The summed E-state index contributed by atoms with van der Waals surface area (Å²) in [5, 5.41) is 4.41. The number of anilines is 2. The Hall–Kier alpha value is -2.02. The molecule has 112 valence electrons. The first-order valence-electron chi connectivity index (χ1n) is 6.31. The Morgan fingerprint density at radius 1 is 1.43 bits per heavy atom. The lowest BCUT2D eigenvalue weighted by atomic mass is 10.2. The van der Waals surface area contributed by atoms with Crippen LogP contribution in [0.1, 0.15) is 15.9 Å². The summed E-state index contributed by atoms with van der Waals surface area (Å²) in [6.07, 6.45) is 0. The Morgan fingerprint density at radius 2 is 2.10 bits per heavy atom. The monoisotopic (exact) mass is 352 g/mol. The second-order valence-electron chi connectivity index (χ2n) is 4.72. The van der Waals surface area contributed by atoms with E-state index < -0.39 is 5.97 Å². The van der Waals surface area contributed by atoms with Crippen LogP contribution in [-0.2, 0) is 11.3 Å². The maximum absolute atomic E-state index is 11.9. The molecule has 1 aromatic carbocycles. The predicted molar refractivity (Wildman–Crippen MR) is 85.5 cm³/mol. The van der Waals surface area contributed by atoms with Gasteiger partial charge in [-0.3, -0.25) is 0 Å². The molecule has 0 unspecified atom stereocenters. The molecule has 2 rings (SSSR count). The number of nitrogens with two attached hydrogens (primary N) is 1. The number of hydrogen-bond acceptors (Lipinski definition) is 5. The van der Waals surface area contributed by atoms with E-state index in [1.807, 2.05) is 24.3 Å². The Bertz CT molecular complexity index is 667. The van der Waals surface area contributed by atoms with Crippen LogP contribution in [0.3, 0.4) is 0 Å². The van der Waals surface area contributed by atoms with E-state index in [1.54, 1.807) is 23.7 Å². The number of nitrogens with zero attached hydrogens (tertiary/aromatic N) is 3. The first kappa shape index (κ1) is 15.4. The molecule has 0 atom stereocenters. The van der Waals surface area contributed by atoms with Crippen molar-refractivity contribution in [2.75, 3.05) is 31.8 Å². The summed E-state index contributed by atoms with van der Waals surface area (Å²) in [5.41, 5.74) is 7.38. The van der Waals surface area contributed by atoms with Crippen LogP contribution in [-0.4, -0.2) is 37.0 Å². The summed E-state index contributed by atoms with van der Waals surface area (Å²) in [6.45, 7) is 0.463. The van der Waals surface area contributed by atoms with Gasteiger partial charge in [-0.1, -0.05) is 34.1 Å². The van der Waals surface area contributed by atoms with Crippen molar-refractivity contribution in [1.29, 1.82) is 0 Å². The normalized spacial score (nSPS) is 10.5. The number of carbonyl (C=O) groups is 1. The van der Waals surface area contributed by atoms with Crippen molar-refractivity contribution in [2.45, 2.75) is 6.54 Å². The smallest absolute Gasteiger partial charge is 0.345 e. The van der Waals surface area contributed by atoms with E-state index in [-0.39, 0.29) is 5.56 Å². The zero-order chi connectivity index (χ0) is 15.6. The Kier molecular flexibility index (Phi) is 4.52. The number of hydrogen-bond donors (Lipinski definition) is 1. The Balaban J connectivity index is 2.46. The van der Waals surface area contributed by atoms with E-state index in [0.717, 1.165) is 10.0 Å². The zero-order valence-electron chi connectivity index (χ0n) is 12.1. The summed E-state index contributed by atoms with van der Waals surface area (Å²) < 4.78 is 7.35. The summed E-state index contributed by atoms with van der Waals surface area (Å²) in [5.74, 6) is 0.294. The lowest BCUT2D eigenvalue weighted by Gasteiger charge is -2.09. The van der Waals surface area contributed by atoms with Crippen LogP contribution in [0.25, 0.3) is 0 Å². The van der Waals surface area contributed by atoms with Crippen molar-refractivity contribution >= 4 is 33.5 Å². The van der Waals surface area contributed by atoms with Gasteiger partial charge in [0.2, 0.25) is 0 Å². The molecule has 0 bridgehead atoms. The molecule has 0 spiro atoms. The fourth-order valence-electron chi connectivity index (χ4n) is 1.98. The van der Waals surface area contributed by atoms with Crippen LogP contribution < -0.4 is 10.6 Å². The maximum Gasteiger partial charge on any atom is 0.345 e. The third-order valence-electron chi connectivity index (χ3n) is 3.06. The molecule has 2 aromatic rings. The number of carbonyl (C=O) groups excluding carboxylic acids is 1. The van der Waals surface area contributed by atoms with Crippen molar-refractivity contribution in [1.82, 2.24) is 9.78 Å². The fraction of sp³-hybridized carbons (Fsp3) is 0.286. The molecule has 0 aliphatic carbocycles. The highest BCUT2D eigenvalue weighted by atomic mass is 79.9. The number of esters is 1. The standard InChI is InChI=1S/C14H17BrN4O2/c1-18(2)13-11(14(20)21-3)12(16)19(17-13)8-9-6-4-5-7-10(9)15/h4-7H,8,16H2,1-3H3. The van der Waals surface area contributed by atoms with Gasteiger partial charge in [-0.15, -0.1) is 0 Å². The maximum atomic E-state index is 11.9. The molecule has 6 nitrogen and oxygen atoms in total. The molecule has 0 saturated carbocycles. The minimum absolute atomic E-state index is 0.287. The van der Waals surface area contributed by atoms with Crippen LogP contribution in [0.2, 0.25) is 0 Å². The molecular weight excluding hydrogens is 336 g/mol. The molecule has 0 radical (unpaired) electrons. The number of rotatable bonds is 4. The number of methoxy groups -OCH3 is 1. The number of halogens is 1. The zero-order valence-corrected chi connectivity index (χ0v) is 13.7. The van der Waals surface area contributed by atoms with E-state index in [9.17, 15) is 4.79 Å². The minimum atomic E-state index is -0.491. The lowest BCUT2D eigenvalue weighted by Crippen LogP contribution is -2.14. The molecule has 0 aliphatic heterocycles. The summed E-state index contributed by atoms with van der Waals surface area (Å²) >= 11 is 3.49. The van der Waals surface area contributed by atoms with E-state index in [2.05, 4.69) is 21.0 Å². The van der Waals surface area contributed by atoms with Gasteiger partial charge in [-0.05, 0) is 11.6 Å². The minimum Gasteiger partial charge on any atom is -0.465 e. The molecule has 0 saturated heterocycles. The third-order valence-corrected chi connectivity index (χ3v) is 3.84. The Morgan fingerprint density at radius 3 is 2.67 bits per heavy atom. The molecule has 1 heterocycles. The van der Waals surface area contributed by atoms with Crippen molar-refractivity contribution in [3.63, 3.8) is 0 Å². The lowest BCUT2D eigenvalue weighted by molar-refractivity contribution is 0.0602. The summed E-state index contributed by atoms with van der Waals surface area (Å²) in [6, 6.07) is 7.79. The van der Waals surface area contributed by atoms with E-state index in [0.29, 0.717) is 18.2 Å². The SMILES string of the molecule is COC(=O)c1c(N(C)C)nn(Cc2ccccc2Br)c1N. The van der Waals surface area contributed by atoms with E-state index >= 15 is 0 Å². The van der Waals surface area contributed by atoms with Gasteiger partial charge in [0.1, 0.15) is 11.4 Å². The molecular formula is C14H17BrN4O2. The molecule has 21 heavy (non-hydrogen) atoms. The van der Waals surface area contributed by atoms with Gasteiger partial charge in [0.05, 0.1) is 13.7 Å². The van der Waals surface area contributed by atoms with Crippen LogP contribution in [0.15, 0.2) is 28.7 Å². The van der Waals surface area contributed by atoms with Gasteiger partial charge >= 0.3 is 5.97 Å². The second kappa shape index (κ2) is 6.17. The summed E-state index contributed by atoms with van der Waals surface area (Å²) in [7, 11) is 4.93. The fourth-order valence-corrected chi connectivity index (χ4v) is 2.39. The van der Waals surface area contributed by atoms with Gasteiger partial charge in [0.15, 0.2) is 5.82 Å². The highest BCUT2D eigenvalue weighted by Gasteiger charge is 2.24. The molecule has 0 aliphatic rings. The number of nitrogen functional groups attached to an aromatic ring is 1. The van der Waals surface area contributed by atoms with E-state index in [1.165, 1.54) is 7.11 Å². The van der Waals surface area contributed by atoms with Crippen molar-refractivity contribution in [3.8, 4) is 0 Å². The quantitative estimate of drug-likeness (QED) is 0.853. The average Bonchev–Trinajstić information content (AvgIpc) is 2.78. The van der Waals surface area contributed by atoms with Gasteiger partial charge < -0.3 is 15.4 Å². The van der Waals surface area contributed by atoms with E-state index in [4.69, 9.17) is 10.5 Å². The highest BCUT2D eigenvalue weighted by molar-refractivity contribution is 9.10. The molecule has 7 heteroatoms. The number of ether oxygens (including phenoxy) is 1. The number of aromatic nitrogens is 2. The number of benzene rings is 1. The predicted octanol–water partition coefficient (Wildman–Crippen LogP) is 2.13. The van der Waals surface area contributed by atoms with Crippen molar-refractivity contribution in [3.05, 3.63) is 39.9 Å². The highest BCUT2D eigenvalue weighted by Crippen LogP contribution is 2.26. The van der Waals surface area contributed by atoms with Gasteiger partial charge in [-0.25, -0.2) is 9.48 Å². The van der Waals surface area contributed by atoms with Crippen molar-refractivity contribution in [2.24, 2.45) is 0 Å². The van der Waals surface area contributed by atoms with Crippen molar-refractivity contribution < 1.29 is 9.53 Å². The first-order chi connectivity index (χ1) is 9.95. The third kappa shape index (κ3) is 3.02. The molecule has 0 amide bonds. The average molecular weight is 353 g/mol. The molecule has 0 fully saturated rings. The van der Waals surface area contributed by atoms with Crippen LogP contribution in [0.5, 0.6) is 0 Å². The first-order valence-corrected chi connectivity index (χ1v) is 7.10. The summed E-state index contributed by atoms with van der Waals surface area (Å²) in [4.78, 5) is 13.6. The van der Waals surface area contributed by atoms with Gasteiger partial charge in [0.25, 0.3) is 0 Å². The van der Waals surface area contributed by atoms with Crippen LogP contribution >= 0.6 is 15.9 Å².